The van der Waals surface area contributed by atoms with E-state index in [1.807, 2.05) is 26.2 Å². The normalized spacial score (nSPS) is 18.4. The molecule has 0 saturated heterocycles. The number of nitrogens with zero attached hydrogens (tertiary/aromatic N) is 1. The van der Waals surface area contributed by atoms with E-state index in [1.165, 1.54) is 5.56 Å². The van der Waals surface area contributed by atoms with Crippen molar-refractivity contribution in [2.45, 2.75) is 77.5 Å². The van der Waals surface area contributed by atoms with Crippen molar-refractivity contribution < 1.29 is 9.53 Å². The summed E-state index contributed by atoms with van der Waals surface area (Å²) in [5, 5.41) is 0. The van der Waals surface area contributed by atoms with Crippen molar-refractivity contribution in [3.8, 4) is 0 Å². The van der Waals surface area contributed by atoms with E-state index < -0.39 is 5.41 Å². The summed E-state index contributed by atoms with van der Waals surface area (Å²) in [6.07, 6.45) is 9.71. The van der Waals surface area contributed by atoms with E-state index in [1.54, 1.807) is 0 Å². The van der Waals surface area contributed by atoms with Crippen molar-refractivity contribution in [2.75, 3.05) is 0 Å². The van der Waals surface area contributed by atoms with Crippen LogP contribution >= 0.6 is 0 Å². The molecule has 1 fully saturated rings. The first kappa shape index (κ1) is 18.0. The zero-order valence-electron chi connectivity index (χ0n) is 15.0. The molecule has 0 aromatic carbocycles. The fourth-order valence-electron chi connectivity index (χ4n) is 3.26. The molecule has 3 nitrogen and oxygen atoms in total. The number of hydrogen-bond acceptors (Lipinski definition) is 3. The first-order chi connectivity index (χ1) is 10.9. The molecule has 0 N–H and O–H groups in total. The number of aromatic nitrogens is 1. The number of esters is 1. The van der Waals surface area contributed by atoms with Crippen LogP contribution in [-0.2, 0) is 9.53 Å². The minimum atomic E-state index is -0.480. The lowest BCUT2D eigenvalue weighted by molar-refractivity contribution is -0.167. The summed E-state index contributed by atoms with van der Waals surface area (Å²) < 4.78 is 5.87. The SMILES string of the molecule is CCC([B]CC(C)(C)C(=O)OC1(C)CCCC1)c1ccncc1. The van der Waals surface area contributed by atoms with Crippen LogP contribution in [0.15, 0.2) is 24.5 Å². The highest BCUT2D eigenvalue weighted by Gasteiger charge is 2.38. The molecule has 1 heterocycles. The molecule has 2 rings (SSSR count). The van der Waals surface area contributed by atoms with Crippen LogP contribution in [0.2, 0.25) is 6.32 Å². The number of hydrogen-bond donors (Lipinski definition) is 0. The summed E-state index contributed by atoms with van der Waals surface area (Å²) >= 11 is 0. The summed E-state index contributed by atoms with van der Waals surface area (Å²) in [4.78, 5) is 16.7. The minimum absolute atomic E-state index is 0.0669. The van der Waals surface area contributed by atoms with Crippen LogP contribution in [0.3, 0.4) is 0 Å². The molecule has 0 bridgehead atoms. The third-order valence-corrected chi connectivity index (χ3v) is 5.04. The van der Waals surface area contributed by atoms with Crippen molar-refractivity contribution in [3.63, 3.8) is 0 Å². The quantitative estimate of drug-likeness (QED) is 0.547. The van der Waals surface area contributed by atoms with Crippen LogP contribution in [0, 0.1) is 5.41 Å². The first-order valence-corrected chi connectivity index (χ1v) is 8.83. The molecule has 4 heteroatoms. The van der Waals surface area contributed by atoms with Crippen LogP contribution in [0.25, 0.3) is 0 Å². The summed E-state index contributed by atoms with van der Waals surface area (Å²) in [5.41, 5.74) is 0.532. The largest absolute Gasteiger partial charge is 0.459 e. The average Bonchev–Trinajstić information content (AvgIpc) is 2.95. The van der Waals surface area contributed by atoms with E-state index in [0.29, 0.717) is 5.82 Å². The molecule has 1 radical (unpaired) electrons. The molecule has 23 heavy (non-hydrogen) atoms. The van der Waals surface area contributed by atoms with Crippen molar-refractivity contribution in [2.24, 2.45) is 5.41 Å². The molecule has 1 unspecified atom stereocenters. The fourth-order valence-corrected chi connectivity index (χ4v) is 3.26. The molecule has 1 saturated carbocycles. The Labute approximate surface area is 141 Å². The van der Waals surface area contributed by atoms with E-state index in [2.05, 4.69) is 38.2 Å². The fraction of sp³-hybridized carbons (Fsp3) is 0.684. The third-order valence-electron chi connectivity index (χ3n) is 5.04. The summed E-state index contributed by atoms with van der Waals surface area (Å²) in [7, 11) is 2.26. The second-order valence-corrected chi connectivity index (χ2v) is 7.67. The topological polar surface area (TPSA) is 39.2 Å². The standard InChI is InChI=1S/C19H29BNO2/c1-5-16(15-8-12-21-13-9-15)20-14-18(2,3)17(22)23-19(4)10-6-7-11-19/h8-9,12-13,16H,5-7,10-11,14H2,1-4H3. The van der Waals surface area contributed by atoms with E-state index in [4.69, 9.17) is 4.74 Å². The number of rotatable bonds is 7. The van der Waals surface area contributed by atoms with Gasteiger partial charge >= 0.3 is 5.97 Å². The molecule has 1 aromatic heterocycles. The van der Waals surface area contributed by atoms with Gasteiger partial charge in [0.1, 0.15) is 12.9 Å². The zero-order valence-corrected chi connectivity index (χ0v) is 15.0. The molecule has 0 aliphatic heterocycles. The average molecular weight is 314 g/mol. The highest BCUT2D eigenvalue weighted by Crippen LogP contribution is 2.36. The van der Waals surface area contributed by atoms with E-state index in [-0.39, 0.29) is 11.6 Å². The van der Waals surface area contributed by atoms with Crippen LogP contribution in [0.4, 0.5) is 0 Å². The molecule has 1 aliphatic rings. The van der Waals surface area contributed by atoms with Gasteiger partial charge in [0.15, 0.2) is 0 Å². The molecule has 1 aliphatic carbocycles. The Morgan fingerprint density at radius 1 is 1.35 bits per heavy atom. The molecule has 1 aromatic rings. The van der Waals surface area contributed by atoms with Gasteiger partial charge < -0.3 is 4.74 Å². The molecule has 0 spiro atoms. The van der Waals surface area contributed by atoms with Gasteiger partial charge in [-0.1, -0.05) is 33.5 Å². The van der Waals surface area contributed by atoms with E-state index >= 15 is 0 Å². The predicted octanol–water partition coefficient (Wildman–Crippen LogP) is 4.56. The first-order valence-electron chi connectivity index (χ1n) is 8.83. The Bertz CT molecular complexity index is 509. The van der Waals surface area contributed by atoms with E-state index in [0.717, 1.165) is 38.4 Å². The minimum Gasteiger partial charge on any atom is -0.459 e. The van der Waals surface area contributed by atoms with Gasteiger partial charge in [-0.15, -0.1) is 0 Å². The maximum atomic E-state index is 12.6. The summed E-state index contributed by atoms with van der Waals surface area (Å²) in [5.74, 6) is 0.287. The lowest BCUT2D eigenvalue weighted by atomic mass is 9.53. The van der Waals surface area contributed by atoms with Crippen LogP contribution < -0.4 is 0 Å². The lowest BCUT2D eigenvalue weighted by Crippen LogP contribution is -2.36. The number of carbonyl (C=O) groups is 1. The van der Waals surface area contributed by atoms with Crippen molar-refractivity contribution in [1.29, 1.82) is 0 Å². The van der Waals surface area contributed by atoms with Crippen molar-refractivity contribution in [3.05, 3.63) is 30.1 Å². The molecular weight excluding hydrogens is 285 g/mol. The molecule has 0 amide bonds. The van der Waals surface area contributed by atoms with Gasteiger partial charge in [-0.2, -0.15) is 0 Å². The zero-order chi connectivity index (χ0) is 16.9. The van der Waals surface area contributed by atoms with Crippen molar-refractivity contribution in [1.82, 2.24) is 4.98 Å². The Hall–Kier alpha value is -1.32. The highest BCUT2D eigenvalue weighted by atomic mass is 16.6. The van der Waals surface area contributed by atoms with Crippen LogP contribution in [0.1, 0.15) is 71.2 Å². The van der Waals surface area contributed by atoms with Gasteiger partial charge in [-0.3, -0.25) is 9.78 Å². The Morgan fingerprint density at radius 3 is 2.52 bits per heavy atom. The number of carbonyl (C=O) groups excluding carboxylic acids is 1. The maximum Gasteiger partial charge on any atom is 0.311 e. The number of pyridine rings is 1. The summed E-state index contributed by atoms with van der Waals surface area (Å²) in [6.45, 7) is 8.23. The number of ether oxygens (including phenoxy) is 1. The second kappa shape index (κ2) is 7.50. The Kier molecular flexibility index (Phi) is 5.88. The third kappa shape index (κ3) is 4.83. The van der Waals surface area contributed by atoms with Gasteiger partial charge in [-0.25, -0.2) is 0 Å². The van der Waals surface area contributed by atoms with Gasteiger partial charge in [-0.05, 0) is 56.1 Å². The smallest absolute Gasteiger partial charge is 0.311 e. The van der Waals surface area contributed by atoms with Crippen LogP contribution in [0.5, 0.6) is 0 Å². The molecule has 125 valence electrons. The predicted molar refractivity (Wildman–Crippen MR) is 94.6 cm³/mol. The van der Waals surface area contributed by atoms with Crippen molar-refractivity contribution >= 4 is 13.2 Å². The van der Waals surface area contributed by atoms with Gasteiger partial charge in [0.05, 0.1) is 5.41 Å². The van der Waals surface area contributed by atoms with Gasteiger partial charge in [0.25, 0.3) is 0 Å². The Morgan fingerprint density at radius 2 is 1.96 bits per heavy atom. The highest BCUT2D eigenvalue weighted by molar-refractivity contribution is 6.38. The van der Waals surface area contributed by atoms with E-state index in [9.17, 15) is 4.79 Å². The maximum absolute atomic E-state index is 12.6. The monoisotopic (exact) mass is 314 g/mol. The van der Waals surface area contributed by atoms with Crippen LogP contribution in [-0.4, -0.2) is 23.8 Å². The second-order valence-electron chi connectivity index (χ2n) is 7.67. The summed E-state index contributed by atoms with van der Waals surface area (Å²) in [6, 6.07) is 4.10. The van der Waals surface area contributed by atoms with Gasteiger partial charge in [0.2, 0.25) is 0 Å². The lowest BCUT2D eigenvalue weighted by Gasteiger charge is -2.31. The Balaban J connectivity index is 1.93. The van der Waals surface area contributed by atoms with Gasteiger partial charge in [0, 0.05) is 12.4 Å². The molecule has 1 atom stereocenters. The molecular formula is C19H29BNO2.